The molecule has 0 spiro atoms. The summed E-state index contributed by atoms with van der Waals surface area (Å²) in [6.45, 7) is 2.48. The zero-order valence-electron chi connectivity index (χ0n) is 16.6. The number of carbonyl (C=O) groups excluding carboxylic acids is 1. The van der Waals surface area contributed by atoms with Crippen LogP contribution in [0, 0.1) is 11.6 Å². The molecule has 7 heteroatoms. The Kier molecular flexibility index (Phi) is 5.75. The fourth-order valence-corrected chi connectivity index (χ4v) is 3.08. The summed E-state index contributed by atoms with van der Waals surface area (Å²) < 4.78 is 39.1. The van der Waals surface area contributed by atoms with E-state index >= 15 is 0 Å². The number of benzene rings is 3. The fourth-order valence-electron chi connectivity index (χ4n) is 3.08. The molecule has 0 radical (unpaired) electrons. The molecule has 1 amide bonds. The van der Waals surface area contributed by atoms with Gasteiger partial charge in [0.25, 0.3) is 5.91 Å². The zero-order chi connectivity index (χ0) is 21.8. The maximum Gasteiger partial charge on any atom is 0.256 e. The highest BCUT2D eigenvalue weighted by Gasteiger charge is 2.19. The van der Waals surface area contributed by atoms with Gasteiger partial charge in [-0.15, -0.1) is 0 Å². The van der Waals surface area contributed by atoms with E-state index in [9.17, 15) is 13.6 Å². The molecule has 1 heterocycles. The average Bonchev–Trinajstić information content (AvgIpc) is 3.27. The van der Waals surface area contributed by atoms with Gasteiger partial charge in [0, 0.05) is 11.1 Å². The number of carbonyl (C=O) groups is 1. The summed E-state index contributed by atoms with van der Waals surface area (Å²) in [6.07, 6.45) is 1.55. The van der Waals surface area contributed by atoms with Gasteiger partial charge >= 0.3 is 0 Å². The number of hydrogen-bond donors (Lipinski definition) is 1. The first-order valence-corrected chi connectivity index (χ1v) is 9.60. The van der Waals surface area contributed by atoms with E-state index in [0.29, 0.717) is 17.9 Å². The monoisotopic (exact) mass is 420 g/mol. The summed E-state index contributed by atoms with van der Waals surface area (Å²) >= 11 is 0. The van der Waals surface area contributed by atoms with Crippen LogP contribution in [0.2, 0.25) is 0 Å². The number of rotatable bonds is 6. The Balaban J connectivity index is 1.62. The van der Waals surface area contributed by atoms with Crippen LogP contribution < -0.4 is 10.1 Å². The number of nitrogens with zero attached hydrogens (tertiary/aromatic N) is 1. The maximum atomic E-state index is 13.9. The minimum absolute atomic E-state index is 0.172. The minimum Gasteiger partial charge on any atom is -0.494 e. The highest BCUT2D eigenvalue weighted by Crippen LogP contribution is 2.30. The predicted octanol–water partition coefficient (Wildman–Crippen LogP) is 5.94. The Morgan fingerprint density at radius 3 is 2.42 bits per heavy atom. The van der Waals surface area contributed by atoms with Crippen LogP contribution in [-0.4, -0.2) is 17.5 Å². The number of hydrogen-bond acceptors (Lipinski definition) is 4. The van der Waals surface area contributed by atoms with E-state index in [1.165, 1.54) is 12.1 Å². The molecule has 1 N–H and O–H groups in total. The van der Waals surface area contributed by atoms with E-state index in [0.717, 1.165) is 23.4 Å². The minimum atomic E-state index is -0.861. The van der Waals surface area contributed by atoms with Gasteiger partial charge in [-0.3, -0.25) is 4.79 Å². The van der Waals surface area contributed by atoms with Crippen molar-refractivity contribution in [2.45, 2.75) is 6.92 Å². The Hall–Kier alpha value is -4.00. The quantitative estimate of drug-likeness (QED) is 0.419. The smallest absolute Gasteiger partial charge is 0.256 e. The third-order valence-electron chi connectivity index (χ3n) is 4.56. The number of oxazole rings is 1. The van der Waals surface area contributed by atoms with Gasteiger partial charge in [-0.25, -0.2) is 13.8 Å². The van der Waals surface area contributed by atoms with Gasteiger partial charge in [-0.1, -0.05) is 18.2 Å². The molecule has 4 aromatic rings. The molecule has 4 rings (SSSR count). The van der Waals surface area contributed by atoms with Crippen LogP contribution >= 0.6 is 0 Å². The molecule has 0 aliphatic heterocycles. The van der Waals surface area contributed by atoms with Crippen molar-refractivity contribution in [2.24, 2.45) is 0 Å². The van der Waals surface area contributed by atoms with Crippen LogP contribution in [0.15, 0.2) is 77.3 Å². The number of anilines is 1. The van der Waals surface area contributed by atoms with Crippen molar-refractivity contribution >= 4 is 11.6 Å². The number of nitrogens with one attached hydrogen (secondary N) is 1. The lowest BCUT2D eigenvalue weighted by atomic mass is 10.1. The molecule has 0 atom stereocenters. The van der Waals surface area contributed by atoms with Crippen molar-refractivity contribution in [1.82, 2.24) is 4.98 Å². The lowest BCUT2D eigenvalue weighted by Crippen LogP contribution is -2.15. The molecule has 5 nitrogen and oxygen atoms in total. The number of aromatic nitrogens is 1. The number of para-hydroxylation sites is 1. The molecule has 0 unspecified atom stereocenters. The second kappa shape index (κ2) is 8.79. The predicted molar refractivity (Wildman–Crippen MR) is 113 cm³/mol. The van der Waals surface area contributed by atoms with E-state index in [2.05, 4.69) is 10.3 Å². The van der Waals surface area contributed by atoms with Crippen molar-refractivity contribution in [3.63, 3.8) is 0 Å². The molecule has 1 aromatic heterocycles. The van der Waals surface area contributed by atoms with E-state index < -0.39 is 23.2 Å². The normalized spacial score (nSPS) is 10.7. The Labute approximate surface area is 177 Å². The summed E-state index contributed by atoms with van der Waals surface area (Å²) in [4.78, 5) is 17.0. The Morgan fingerprint density at radius 2 is 1.71 bits per heavy atom. The van der Waals surface area contributed by atoms with Gasteiger partial charge < -0.3 is 14.5 Å². The van der Waals surface area contributed by atoms with Crippen LogP contribution in [-0.2, 0) is 0 Å². The van der Waals surface area contributed by atoms with Gasteiger partial charge in [0.1, 0.15) is 23.1 Å². The summed E-state index contributed by atoms with van der Waals surface area (Å²) in [5.74, 6) is -0.940. The number of ether oxygens (including phenoxy) is 1. The summed E-state index contributed by atoms with van der Waals surface area (Å²) in [6, 6.07) is 17.3. The molecule has 3 aromatic carbocycles. The Morgan fingerprint density at radius 1 is 1.00 bits per heavy atom. The van der Waals surface area contributed by atoms with Crippen molar-refractivity contribution < 1.29 is 22.7 Å². The molecule has 0 aliphatic rings. The third-order valence-corrected chi connectivity index (χ3v) is 4.56. The van der Waals surface area contributed by atoms with Crippen molar-refractivity contribution in [3.05, 3.63) is 90.1 Å². The van der Waals surface area contributed by atoms with E-state index in [4.69, 9.17) is 9.15 Å². The number of halogens is 2. The standard InChI is InChI=1S/C24H18F2N2O3/c1-2-30-16-12-10-15(11-13-16)21-14-27-24(31-21)18-7-4-3-6-17(18)23(29)28-22-19(25)8-5-9-20(22)26/h3-14H,2H2,1H3,(H,28,29). The van der Waals surface area contributed by atoms with Gasteiger partial charge in [0.15, 0.2) is 5.76 Å². The first kappa shape index (κ1) is 20.3. The highest BCUT2D eigenvalue weighted by molar-refractivity contribution is 6.08. The average molecular weight is 420 g/mol. The highest BCUT2D eigenvalue weighted by atomic mass is 19.1. The lowest BCUT2D eigenvalue weighted by Gasteiger charge is -2.09. The largest absolute Gasteiger partial charge is 0.494 e. The molecule has 0 aliphatic carbocycles. The molecule has 0 fully saturated rings. The van der Waals surface area contributed by atoms with Crippen molar-refractivity contribution in [3.8, 4) is 28.5 Å². The van der Waals surface area contributed by atoms with Crippen LogP contribution in [0.4, 0.5) is 14.5 Å². The van der Waals surface area contributed by atoms with Gasteiger partial charge in [-0.05, 0) is 55.5 Å². The summed E-state index contributed by atoms with van der Waals surface area (Å²) in [7, 11) is 0. The van der Waals surface area contributed by atoms with Gasteiger partial charge in [0.05, 0.1) is 18.4 Å². The molecule has 0 saturated heterocycles. The fraction of sp³-hybridized carbons (Fsp3) is 0.0833. The molecule has 31 heavy (non-hydrogen) atoms. The third kappa shape index (κ3) is 4.30. The van der Waals surface area contributed by atoms with Crippen LogP contribution in [0.25, 0.3) is 22.8 Å². The van der Waals surface area contributed by atoms with Crippen LogP contribution in [0.3, 0.4) is 0 Å². The van der Waals surface area contributed by atoms with E-state index in [1.807, 2.05) is 31.2 Å². The molecular formula is C24H18F2N2O3. The van der Waals surface area contributed by atoms with Crippen LogP contribution in [0.1, 0.15) is 17.3 Å². The van der Waals surface area contributed by atoms with Crippen LogP contribution in [0.5, 0.6) is 5.75 Å². The SMILES string of the molecule is CCOc1ccc(-c2cnc(-c3ccccc3C(=O)Nc3c(F)cccc3F)o2)cc1. The van der Waals surface area contributed by atoms with Crippen molar-refractivity contribution in [2.75, 3.05) is 11.9 Å². The molecular weight excluding hydrogens is 402 g/mol. The molecule has 0 saturated carbocycles. The lowest BCUT2D eigenvalue weighted by molar-refractivity contribution is 0.102. The first-order chi connectivity index (χ1) is 15.1. The first-order valence-electron chi connectivity index (χ1n) is 9.60. The number of amides is 1. The summed E-state index contributed by atoms with van der Waals surface area (Å²) in [5, 5.41) is 2.29. The van der Waals surface area contributed by atoms with Crippen molar-refractivity contribution in [1.29, 1.82) is 0 Å². The summed E-state index contributed by atoms with van der Waals surface area (Å²) in [5.41, 5.74) is 0.849. The second-order valence-corrected chi connectivity index (χ2v) is 6.58. The second-order valence-electron chi connectivity index (χ2n) is 6.58. The topological polar surface area (TPSA) is 64.4 Å². The zero-order valence-corrected chi connectivity index (χ0v) is 16.6. The molecule has 0 bridgehead atoms. The van der Waals surface area contributed by atoms with Gasteiger partial charge in [-0.2, -0.15) is 0 Å². The van der Waals surface area contributed by atoms with E-state index in [1.54, 1.807) is 24.4 Å². The van der Waals surface area contributed by atoms with E-state index in [-0.39, 0.29) is 11.5 Å². The van der Waals surface area contributed by atoms with Gasteiger partial charge in [0.2, 0.25) is 5.89 Å². The Bertz CT molecular complexity index is 1200. The molecule has 156 valence electrons. The maximum absolute atomic E-state index is 13.9.